The Kier molecular flexibility index (Phi) is 7.51. The summed E-state index contributed by atoms with van der Waals surface area (Å²) in [7, 11) is -3.02. The van der Waals surface area contributed by atoms with Crippen LogP contribution in [0.25, 0.3) is 0 Å². The van der Waals surface area contributed by atoms with E-state index < -0.39 is 10.0 Å². The maximum Gasteiger partial charge on any atom is 0.214 e. The lowest BCUT2D eigenvalue weighted by Crippen LogP contribution is -2.50. The van der Waals surface area contributed by atoms with Crippen LogP contribution in [0.4, 0.5) is 0 Å². The summed E-state index contributed by atoms with van der Waals surface area (Å²) >= 11 is 0. The van der Waals surface area contributed by atoms with Crippen molar-refractivity contribution >= 4 is 16.0 Å². The molecule has 0 aromatic rings. The Hall–Kier alpha value is -0.860. The zero-order chi connectivity index (χ0) is 18.3. The number of hydrogen-bond acceptors (Lipinski definition) is 4. The predicted octanol–water partition coefficient (Wildman–Crippen LogP) is 0.842. The molecule has 0 spiro atoms. The van der Waals surface area contributed by atoms with E-state index in [0.717, 1.165) is 38.6 Å². The van der Waals surface area contributed by atoms with Gasteiger partial charge in [-0.3, -0.25) is 9.89 Å². The van der Waals surface area contributed by atoms with Gasteiger partial charge in [-0.25, -0.2) is 12.7 Å². The predicted molar refractivity (Wildman–Crippen MR) is 103 cm³/mol. The first kappa shape index (κ1) is 20.5. The van der Waals surface area contributed by atoms with Crippen LogP contribution in [0.2, 0.25) is 0 Å². The number of sulfonamides is 1. The highest BCUT2D eigenvalue weighted by atomic mass is 32.2. The molecule has 2 fully saturated rings. The van der Waals surface area contributed by atoms with Crippen LogP contribution in [-0.4, -0.2) is 80.7 Å². The van der Waals surface area contributed by atoms with Gasteiger partial charge in [-0.1, -0.05) is 6.42 Å². The van der Waals surface area contributed by atoms with E-state index in [1.54, 1.807) is 4.31 Å². The van der Waals surface area contributed by atoms with Gasteiger partial charge < -0.3 is 10.6 Å². The fourth-order valence-electron chi connectivity index (χ4n) is 3.45. The van der Waals surface area contributed by atoms with Crippen molar-refractivity contribution in [1.82, 2.24) is 19.8 Å². The van der Waals surface area contributed by atoms with Gasteiger partial charge in [0.25, 0.3) is 0 Å². The lowest BCUT2D eigenvalue weighted by Gasteiger charge is -2.40. The second-order valence-electron chi connectivity index (χ2n) is 7.55. The minimum atomic E-state index is -3.02. The number of nitrogens with one attached hydrogen (secondary N) is 2. The summed E-state index contributed by atoms with van der Waals surface area (Å²) in [6.07, 6.45) is 4.62. The average Bonchev–Trinajstić information content (AvgIpc) is 2.92. The second-order valence-corrected chi connectivity index (χ2v) is 9.64. The summed E-state index contributed by atoms with van der Waals surface area (Å²) in [5.41, 5.74) is 0.0427. The van der Waals surface area contributed by atoms with Gasteiger partial charge in [0.15, 0.2) is 5.96 Å². The number of likely N-dealkylation sites (tertiary alicyclic amines) is 1. The molecule has 2 rings (SSSR count). The molecule has 0 radical (unpaired) electrons. The molecule has 0 saturated carbocycles. The summed E-state index contributed by atoms with van der Waals surface area (Å²) in [6, 6.07) is 0. The second kappa shape index (κ2) is 9.19. The maximum absolute atomic E-state index is 11.8. The number of nitrogens with zero attached hydrogens (tertiary/aromatic N) is 3. The van der Waals surface area contributed by atoms with Crippen LogP contribution < -0.4 is 10.6 Å². The van der Waals surface area contributed by atoms with E-state index in [9.17, 15) is 8.42 Å². The molecule has 0 amide bonds. The number of guanidine groups is 1. The van der Waals surface area contributed by atoms with Crippen LogP contribution in [0.5, 0.6) is 0 Å². The number of aliphatic imine (C=N–C) groups is 1. The van der Waals surface area contributed by atoms with E-state index in [2.05, 4.69) is 29.4 Å². The van der Waals surface area contributed by atoms with Crippen molar-refractivity contribution in [2.75, 3.05) is 51.6 Å². The third-order valence-electron chi connectivity index (χ3n) is 5.04. The van der Waals surface area contributed by atoms with Crippen LogP contribution in [0.15, 0.2) is 4.99 Å². The van der Waals surface area contributed by atoms with Crippen LogP contribution in [0.3, 0.4) is 0 Å². The van der Waals surface area contributed by atoms with E-state index >= 15 is 0 Å². The van der Waals surface area contributed by atoms with Crippen LogP contribution in [0.1, 0.15) is 46.5 Å². The molecule has 0 unspecified atom stereocenters. The number of piperidine rings is 1. The van der Waals surface area contributed by atoms with Gasteiger partial charge in [-0.2, -0.15) is 0 Å². The van der Waals surface area contributed by atoms with E-state index in [-0.39, 0.29) is 11.3 Å². The van der Waals surface area contributed by atoms with E-state index in [4.69, 9.17) is 4.99 Å². The van der Waals surface area contributed by atoms with Gasteiger partial charge in [0.1, 0.15) is 0 Å². The Morgan fingerprint density at radius 3 is 2.40 bits per heavy atom. The molecule has 2 heterocycles. The average molecular weight is 374 g/mol. The molecule has 8 heteroatoms. The fraction of sp³-hybridized carbons (Fsp3) is 0.941. The molecule has 2 aliphatic rings. The summed E-state index contributed by atoms with van der Waals surface area (Å²) in [4.78, 5) is 7.27. The molecule has 0 aromatic carbocycles. The minimum Gasteiger partial charge on any atom is -0.357 e. The van der Waals surface area contributed by atoms with Crippen LogP contribution in [-0.2, 0) is 10.0 Å². The number of hydrogen-bond donors (Lipinski definition) is 2. The first-order chi connectivity index (χ1) is 11.8. The van der Waals surface area contributed by atoms with Gasteiger partial charge in [0, 0.05) is 31.7 Å². The Labute approximate surface area is 153 Å². The summed E-state index contributed by atoms with van der Waals surface area (Å²) in [5, 5.41) is 6.53. The summed E-state index contributed by atoms with van der Waals surface area (Å²) in [5.74, 6) is 1.05. The van der Waals surface area contributed by atoms with Crippen molar-refractivity contribution < 1.29 is 8.42 Å². The standard InChI is InChI=1S/C17H35N5O2S/c1-4-18-16(19-9-13-22-12-8-14-25(22,23)24)20-15-17(2,3)21-10-6-5-7-11-21/h4-15H2,1-3H3,(H2,18,19,20). The number of rotatable bonds is 7. The molecule has 2 saturated heterocycles. The lowest BCUT2D eigenvalue weighted by atomic mass is 9.99. The van der Waals surface area contributed by atoms with E-state index in [1.807, 2.05) is 6.92 Å². The SMILES string of the molecule is CCNC(=NCC(C)(C)N1CCCCC1)NCCN1CCCS1(=O)=O. The van der Waals surface area contributed by atoms with Crippen LogP contribution in [0, 0.1) is 0 Å². The van der Waals surface area contributed by atoms with Gasteiger partial charge in [0.2, 0.25) is 10.0 Å². The van der Waals surface area contributed by atoms with E-state index in [1.165, 1.54) is 19.3 Å². The highest BCUT2D eigenvalue weighted by Gasteiger charge is 2.28. The first-order valence-electron chi connectivity index (χ1n) is 9.60. The van der Waals surface area contributed by atoms with Crippen molar-refractivity contribution in [2.24, 2.45) is 4.99 Å². The fourth-order valence-corrected chi connectivity index (χ4v) is 4.98. The van der Waals surface area contributed by atoms with Gasteiger partial charge in [-0.05, 0) is 53.1 Å². The topological polar surface area (TPSA) is 77.0 Å². The zero-order valence-corrected chi connectivity index (χ0v) is 16.9. The monoisotopic (exact) mass is 373 g/mol. The molecule has 146 valence electrons. The lowest BCUT2D eigenvalue weighted by molar-refractivity contribution is 0.102. The molecule has 7 nitrogen and oxygen atoms in total. The highest BCUT2D eigenvalue weighted by molar-refractivity contribution is 7.89. The zero-order valence-electron chi connectivity index (χ0n) is 16.1. The van der Waals surface area contributed by atoms with Crippen LogP contribution >= 0.6 is 0 Å². The molecule has 0 aliphatic carbocycles. The Morgan fingerprint density at radius 1 is 1.08 bits per heavy atom. The molecule has 25 heavy (non-hydrogen) atoms. The smallest absolute Gasteiger partial charge is 0.214 e. The normalized spacial score (nSPS) is 22.9. The molecular formula is C17H35N5O2S. The highest BCUT2D eigenvalue weighted by Crippen LogP contribution is 2.20. The molecule has 0 bridgehead atoms. The third-order valence-corrected chi connectivity index (χ3v) is 6.99. The molecule has 0 aromatic heterocycles. The summed E-state index contributed by atoms with van der Waals surface area (Å²) in [6.45, 7) is 12.1. The minimum absolute atomic E-state index is 0.0427. The quantitative estimate of drug-likeness (QED) is 0.511. The molecular weight excluding hydrogens is 338 g/mol. The Bertz CT molecular complexity index is 541. The summed E-state index contributed by atoms with van der Waals surface area (Å²) < 4.78 is 25.3. The van der Waals surface area contributed by atoms with Gasteiger partial charge >= 0.3 is 0 Å². The van der Waals surface area contributed by atoms with Crippen molar-refractivity contribution in [1.29, 1.82) is 0 Å². The largest absolute Gasteiger partial charge is 0.357 e. The Morgan fingerprint density at radius 2 is 1.80 bits per heavy atom. The molecule has 2 N–H and O–H groups in total. The van der Waals surface area contributed by atoms with Crippen molar-refractivity contribution in [2.45, 2.75) is 52.0 Å². The molecule has 0 atom stereocenters. The van der Waals surface area contributed by atoms with E-state index in [0.29, 0.717) is 19.6 Å². The van der Waals surface area contributed by atoms with Crippen molar-refractivity contribution in [3.8, 4) is 0 Å². The van der Waals surface area contributed by atoms with Gasteiger partial charge in [0.05, 0.1) is 12.3 Å². The van der Waals surface area contributed by atoms with Crippen molar-refractivity contribution in [3.63, 3.8) is 0 Å². The molecule has 2 aliphatic heterocycles. The van der Waals surface area contributed by atoms with Crippen molar-refractivity contribution in [3.05, 3.63) is 0 Å². The third kappa shape index (κ3) is 6.11. The first-order valence-corrected chi connectivity index (χ1v) is 11.2. The van der Waals surface area contributed by atoms with Gasteiger partial charge in [-0.15, -0.1) is 0 Å². The maximum atomic E-state index is 11.8. The Balaban J connectivity index is 1.84.